The van der Waals surface area contributed by atoms with Crippen molar-refractivity contribution in [3.05, 3.63) is 63.7 Å². The van der Waals surface area contributed by atoms with Crippen molar-refractivity contribution in [1.82, 2.24) is 14.9 Å². The van der Waals surface area contributed by atoms with E-state index in [1.54, 1.807) is 19.1 Å². The van der Waals surface area contributed by atoms with Crippen LogP contribution in [-0.2, 0) is 0 Å². The van der Waals surface area contributed by atoms with E-state index in [1.165, 1.54) is 24.3 Å². The van der Waals surface area contributed by atoms with Crippen LogP contribution in [0.3, 0.4) is 0 Å². The average molecular weight is 614 g/mol. The highest BCUT2D eigenvalue weighted by molar-refractivity contribution is 6.06. The first-order valence-corrected chi connectivity index (χ1v) is 15.3. The lowest BCUT2D eigenvalue weighted by Gasteiger charge is -2.38. The average Bonchev–Trinajstić information content (AvgIpc) is 3.60. The van der Waals surface area contributed by atoms with Crippen molar-refractivity contribution < 1.29 is 23.5 Å². The van der Waals surface area contributed by atoms with Crippen molar-refractivity contribution >= 4 is 33.2 Å². The Hall–Kier alpha value is -4.40. The summed E-state index contributed by atoms with van der Waals surface area (Å²) in [4.78, 5) is 25.3. The summed E-state index contributed by atoms with van der Waals surface area (Å²) >= 11 is 0. The number of nitro benzene ring substituents is 1. The van der Waals surface area contributed by atoms with Crippen LogP contribution < -0.4 is 9.64 Å². The highest BCUT2D eigenvalue weighted by atomic mass is 19.1. The Morgan fingerprint density at radius 2 is 1.87 bits per heavy atom. The molecule has 232 valence electrons. The lowest BCUT2D eigenvalue weighted by molar-refractivity contribution is -0.384. The molecule has 1 atom stereocenters. The van der Waals surface area contributed by atoms with Crippen LogP contribution in [0.15, 0.2) is 36.4 Å². The number of hydrogen-bond donors (Lipinski definition) is 1. The van der Waals surface area contributed by atoms with E-state index < -0.39 is 27.8 Å². The van der Waals surface area contributed by atoms with Gasteiger partial charge in [0.1, 0.15) is 23.8 Å². The summed E-state index contributed by atoms with van der Waals surface area (Å²) in [6, 6.07) is 8.75. The molecule has 3 saturated heterocycles. The van der Waals surface area contributed by atoms with Crippen LogP contribution in [0.2, 0.25) is 0 Å². The van der Waals surface area contributed by atoms with E-state index in [4.69, 9.17) is 16.1 Å². The van der Waals surface area contributed by atoms with Crippen LogP contribution >= 0.6 is 0 Å². The van der Waals surface area contributed by atoms with E-state index in [-0.39, 0.29) is 56.9 Å². The molecule has 1 N–H and O–H groups in total. The molecule has 0 radical (unpaired) electrons. The molecule has 3 aliphatic rings. The summed E-state index contributed by atoms with van der Waals surface area (Å²) in [7, 11) is 0. The summed E-state index contributed by atoms with van der Waals surface area (Å²) in [6.07, 6.45) is 11.0. The summed E-state index contributed by atoms with van der Waals surface area (Å²) in [5, 5.41) is 24.3. The van der Waals surface area contributed by atoms with Gasteiger partial charge in [0.15, 0.2) is 5.82 Å². The van der Waals surface area contributed by atoms with Gasteiger partial charge >= 0.3 is 6.01 Å². The molecule has 4 aromatic rings. The molecule has 3 aromatic carbocycles. The third-order valence-corrected chi connectivity index (χ3v) is 9.73. The van der Waals surface area contributed by atoms with Crippen LogP contribution in [-0.4, -0.2) is 68.8 Å². The van der Waals surface area contributed by atoms with Crippen molar-refractivity contribution in [2.45, 2.75) is 56.6 Å². The van der Waals surface area contributed by atoms with E-state index in [0.29, 0.717) is 31.4 Å². The second-order valence-corrected chi connectivity index (χ2v) is 12.8. The molecule has 0 spiro atoms. The smallest absolute Gasteiger partial charge is 0.319 e. The van der Waals surface area contributed by atoms with Gasteiger partial charge in [-0.3, -0.25) is 15.0 Å². The van der Waals surface area contributed by atoms with Crippen molar-refractivity contribution in [1.29, 1.82) is 0 Å². The monoisotopic (exact) mass is 613 g/mol. The van der Waals surface area contributed by atoms with Gasteiger partial charge in [-0.05, 0) is 70.0 Å². The number of nitro groups is 1. The molecule has 0 amide bonds. The van der Waals surface area contributed by atoms with Gasteiger partial charge in [-0.1, -0.05) is 30.2 Å². The van der Waals surface area contributed by atoms with E-state index in [0.717, 1.165) is 38.8 Å². The topological polar surface area (TPSA) is 105 Å². The van der Waals surface area contributed by atoms with Crippen LogP contribution in [0.25, 0.3) is 32.8 Å². The Labute approximate surface area is 259 Å². The maximum atomic E-state index is 17.0. The van der Waals surface area contributed by atoms with Crippen LogP contribution in [0.5, 0.6) is 6.01 Å². The molecular weight excluding hydrogens is 580 g/mol. The number of hydrogen-bond acceptors (Lipinski definition) is 8. The highest BCUT2D eigenvalue weighted by Gasteiger charge is 2.45. The standard InChI is InChI=1S/C34H33F2N5O4/c1-3-22-25(35)11-10-21-8-4-9-23(27(21)22)28-26(41(43)44)18-24-30(29(28)36)37-32(38-31(24)39-15-5-12-33(2,42)19-39)45-20-34-13-6-16-40(34)17-7-14-34/h1,4,8-11,18,42H,5-7,12-17,19-20H2,2H3. The third kappa shape index (κ3) is 4.93. The quantitative estimate of drug-likeness (QED) is 0.161. The molecule has 0 saturated carbocycles. The minimum atomic E-state index is -1.03. The van der Waals surface area contributed by atoms with E-state index in [1.807, 2.05) is 4.90 Å². The molecule has 1 aromatic heterocycles. The van der Waals surface area contributed by atoms with Crippen LogP contribution in [0.4, 0.5) is 20.3 Å². The lowest BCUT2D eigenvalue weighted by atomic mass is 9.92. The van der Waals surface area contributed by atoms with Crippen LogP contribution in [0.1, 0.15) is 51.0 Å². The molecule has 45 heavy (non-hydrogen) atoms. The maximum Gasteiger partial charge on any atom is 0.319 e. The Bertz CT molecular complexity index is 1900. The number of β-amino-alcohol motifs (C(OH)–C–C–N with tert-alkyl or cyclic N) is 1. The largest absolute Gasteiger partial charge is 0.461 e. The number of rotatable bonds is 6. The highest BCUT2D eigenvalue weighted by Crippen LogP contribution is 2.44. The van der Waals surface area contributed by atoms with Gasteiger partial charge in [0.05, 0.1) is 32.6 Å². The fourth-order valence-corrected chi connectivity index (χ4v) is 7.65. The van der Waals surface area contributed by atoms with Gasteiger partial charge in [0.25, 0.3) is 5.69 Å². The van der Waals surface area contributed by atoms with Gasteiger partial charge in [-0.15, -0.1) is 6.42 Å². The Morgan fingerprint density at radius 3 is 2.58 bits per heavy atom. The van der Waals surface area contributed by atoms with Crippen molar-refractivity contribution in [2.24, 2.45) is 0 Å². The number of aliphatic hydroxyl groups is 1. The molecule has 11 heteroatoms. The van der Waals surface area contributed by atoms with Gasteiger partial charge in [-0.2, -0.15) is 9.97 Å². The van der Waals surface area contributed by atoms with Gasteiger partial charge in [-0.25, -0.2) is 8.78 Å². The number of nitrogens with zero attached hydrogens (tertiary/aromatic N) is 5. The number of ether oxygens (including phenoxy) is 1. The zero-order chi connectivity index (χ0) is 31.5. The zero-order valence-corrected chi connectivity index (χ0v) is 25.0. The number of terminal acetylenes is 1. The summed E-state index contributed by atoms with van der Waals surface area (Å²) in [6.45, 7) is 4.77. The molecule has 3 fully saturated rings. The van der Waals surface area contributed by atoms with Crippen molar-refractivity contribution in [2.75, 3.05) is 37.7 Å². The normalized spacial score (nSPS) is 21.3. The minimum Gasteiger partial charge on any atom is -0.461 e. The molecule has 4 heterocycles. The van der Waals surface area contributed by atoms with Crippen molar-refractivity contribution in [3.8, 4) is 29.5 Å². The second kappa shape index (κ2) is 10.9. The third-order valence-electron chi connectivity index (χ3n) is 9.73. The first-order valence-electron chi connectivity index (χ1n) is 15.3. The van der Waals surface area contributed by atoms with E-state index >= 15 is 4.39 Å². The van der Waals surface area contributed by atoms with Crippen LogP contribution in [0, 0.1) is 34.1 Å². The predicted molar refractivity (Wildman–Crippen MR) is 167 cm³/mol. The molecule has 1 unspecified atom stereocenters. The number of halogens is 2. The van der Waals surface area contributed by atoms with Gasteiger partial charge < -0.3 is 14.7 Å². The molecule has 0 bridgehead atoms. The van der Waals surface area contributed by atoms with E-state index in [2.05, 4.69) is 15.8 Å². The molecule has 3 aliphatic heterocycles. The summed E-state index contributed by atoms with van der Waals surface area (Å²) in [5.41, 5.74) is -2.23. The Kier molecular flexibility index (Phi) is 7.10. The van der Waals surface area contributed by atoms with Crippen molar-refractivity contribution in [3.63, 3.8) is 0 Å². The lowest BCUT2D eigenvalue weighted by Crippen LogP contribution is -2.46. The SMILES string of the molecule is C#Cc1c(F)ccc2cccc(-c3c([N+](=O)[O-])cc4c(N5CCCC(C)(O)C5)nc(OCC56CCCN5CCC6)nc4c3F)c12. The Morgan fingerprint density at radius 1 is 1.11 bits per heavy atom. The number of aromatic nitrogens is 2. The predicted octanol–water partition coefficient (Wildman–Crippen LogP) is 5.98. The fraction of sp³-hybridized carbons (Fsp3) is 0.412. The van der Waals surface area contributed by atoms with Gasteiger partial charge in [0, 0.05) is 30.1 Å². The van der Waals surface area contributed by atoms with Gasteiger partial charge in [0.2, 0.25) is 0 Å². The Balaban J connectivity index is 1.46. The maximum absolute atomic E-state index is 17.0. The molecule has 0 aliphatic carbocycles. The summed E-state index contributed by atoms with van der Waals surface area (Å²) < 4.78 is 38.1. The first-order chi connectivity index (χ1) is 21.6. The van der Waals surface area contributed by atoms with E-state index in [9.17, 15) is 19.6 Å². The molecular formula is C34H33F2N5O4. The second-order valence-electron chi connectivity index (χ2n) is 12.8. The zero-order valence-electron chi connectivity index (χ0n) is 25.0. The number of anilines is 1. The summed E-state index contributed by atoms with van der Waals surface area (Å²) in [5.74, 6) is 0.941. The molecule has 7 rings (SSSR count). The minimum absolute atomic E-state index is 0.0391. The number of piperidine rings is 1. The number of fused-ring (bicyclic) bond motifs is 3. The fourth-order valence-electron chi connectivity index (χ4n) is 7.65. The molecule has 9 nitrogen and oxygen atoms in total. The first kappa shape index (κ1) is 29.3. The number of benzene rings is 3.